The van der Waals surface area contributed by atoms with E-state index in [0.717, 1.165) is 12.0 Å². The Balaban J connectivity index is 1.92. The van der Waals surface area contributed by atoms with Gasteiger partial charge in [-0.25, -0.2) is 0 Å². The molecule has 4 fully saturated rings. The van der Waals surface area contributed by atoms with Gasteiger partial charge in [-0.05, 0) is 31.7 Å². The van der Waals surface area contributed by atoms with Gasteiger partial charge in [0.2, 0.25) is 0 Å². The zero-order valence-corrected chi connectivity index (χ0v) is 12.5. The molecular formula is C17H20N2O3. The fourth-order valence-electron chi connectivity index (χ4n) is 5.29. The highest BCUT2D eigenvalue weighted by Gasteiger charge is 2.68. The summed E-state index contributed by atoms with van der Waals surface area (Å²) in [7, 11) is 0. The second-order valence-corrected chi connectivity index (χ2v) is 7.09. The quantitative estimate of drug-likeness (QED) is 0.550. The first-order chi connectivity index (χ1) is 10.5. The summed E-state index contributed by atoms with van der Waals surface area (Å²) < 4.78 is 0. The average Bonchev–Trinajstić information content (AvgIpc) is 2.52. The summed E-state index contributed by atoms with van der Waals surface area (Å²) in [5.74, 6) is -0.228. The maximum atomic E-state index is 11.4. The van der Waals surface area contributed by atoms with E-state index in [4.69, 9.17) is 0 Å². The van der Waals surface area contributed by atoms with Crippen LogP contribution in [0.4, 0.5) is 0 Å². The molecule has 1 aromatic rings. The van der Waals surface area contributed by atoms with Crippen molar-refractivity contribution >= 4 is 11.4 Å². The lowest BCUT2D eigenvalue weighted by Gasteiger charge is -2.64. The number of oxime groups is 2. The summed E-state index contributed by atoms with van der Waals surface area (Å²) in [5.41, 5.74) is 1.05. The van der Waals surface area contributed by atoms with Crippen molar-refractivity contribution in [3.05, 3.63) is 35.9 Å². The molecule has 4 saturated carbocycles. The molecule has 4 aliphatic rings. The Bertz CT molecular complexity index is 668. The second kappa shape index (κ2) is 4.32. The maximum Gasteiger partial charge on any atom is 0.0798 e. The summed E-state index contributed by atoms with van der Waals surface area (Å²) in [6.45, 7) is 1.86. The molecule has 5 unspecified atom stereocenters. The van der Waals surface area contributed by atoms with Crippen LogP contribution in [0.2, 0.25) is 0 Å². The highest BCUT2D eigenvalue weighted by molar-refractivity contribution is 6.13. The Kier molecular flexibility index (Phi) is 2.70. The minimum atomic E-state index is -0.968. The first kappa shape index (κ1) is 13.8. The SMILES string of the molecule is CC1(O)C2CC3CC1(c1ccccc1)CC(/C2=N/O)/C3=N/O. The Morgan fingerprint density at radius 1 is 1.05 bits per heavy atom. The molecule has 5 atom stereocenters. The lowest BCUT2D eigenvalue weighted by atomic mass is 9.41. The van der Waals surface area contributed by atoms with Crippen molar-refractivity contribution < 1.29 is 15.5 Å². The highest BCUT2D eigenvalue weighted by Crippen LogP contribution is 2.63. The van der Waals surface area contributed by atoms with Crippen molar-refractivity contribution in [2.75, 3.05) is 0 Å². The van der Waals surface area contributed by atoms with Gasteiger partial charge in [-0.1, -0.05) is 40.6 Å². The molecule has 4 aliphatic carbocycles. The summed E-state index contributed by atoms with van der Waals surface area (Å²) in [5, 5.41) is 37.2. The van der Waals surface area contributed by atoms with E-state index in [1.165, 1.54) is 0 Å². The van der Waals surface area contributed by atoms with Gasteiger partial charge >= 0.3 is 0 Å². The molecule has 0 heterocycles. The summed E-state index contributed by atoms with van der Waals surface area (Å²) in [6.07, 6.45) is 2.07. The van der Waals surface area contributed by atoms with Gasteiger partial charge in [-0.15, -0.1) is 0 Å². The summed E-state index contributed by atoms with van der Waals surface area (Å²) in [4.78, 5) is 0. The number of hydrogen-bond acceptors (Lipinski definition) is 5. The van der Waals surface area contributed by atoms with Gasteiger partial charge in [0.1, 0.15) is 0 Å². The van der Waals surface area contributed by atoms with E-state index in [9.17, 15) is 15.5 Å². The number of benzene rings is 1. The van der Waals surface area contributed by atoms with Crippen LogP contribution < -0.4 is 0 Å². The van der Waals surface area contributed by atoms with Gasteiger partial charge in [-0.3, -0.25) is 0 Å². The third kappa shape index (κ3) is 1.42. The first-order valence-electron chi connectivity index (χ1n) is 7.76. The fourth-order valence-corrected chi connectivity index (χ4v) is 5.29. The van der Waals surface area contributed by atoms with Crippen LogP contribution in [0.5, 0.6) is 0 Å². The molecule has 22 heavy (non-hydrogen) atoms. The van der Waals surface area contributed by atoms with Crippen LogP contribution in [0.25, 0.3) is 0 Å². The van der Waals surface area contributed by atoms with Crippen LogP contribution in [0.15, 0.2) is 40.6 Å². The zero-order valence-electron chi connectivity index (χ0n) is 12.5. The Hall–Kier alpha value is -1.88. The van der Waals surface area contributed by atoms with E-state index in [0.29, 0.717) is 24.3 Å². The smallest absolute Gasteiger partial charge is 0.0798 e. The number of nitrogens with zero attached hydrogens (tertiary/aromatic N) is 2. The second-order valence-electron chi connectivity index (χ2n) is 7.09. The van der Waals surface area contributed by atoms with Gasteiger partial charge in [0, 0.05) is 23.2 Å². The van der Waals surface area contributed by atoms with E-state index in [1.807, 2.05) is 25.1 Å². The molecule has 0 amide bonds. The topological polar surface area (TPSA) is 85.4 Å². The van der Waals surface area contributed by atoms with Crippen LogP contribution in [-0.4, -0.2) is 32.5 Å². The van der Waals surface area contributed by atoms with Crippen molar-refractivity contribution in [3.8, 4) is 0 Å². The minimum absolute atomic E-state index is 0.139. The average molecular weight is 300 g/mol. The molecule has 4 bridgehead atoms. The fraction of sp³-hybridized carbons (Fsp3) is 0.529. The molecular weight excluding hydrogens is 280 g/mol. The van der Waals surface area contributed by atoms with Crippen molar-refractivity contribution in [1.82, 2.24) is 0 Å². The Morgan fingerprint density at radius 2 is 1.73 bits per heavy atom. The molecule has 0 spiro atoms. The predicted molar refractivity (Wildman–Crippen MR) is 81.5 cm³/mol. The van der Waals surface area contributed by atoms with E-state index in [1.54, 1.807) is 0 Å². The molecule has 1 aromatic carbocycles. The van der Waals surface area contributed by atoms with Gasteiger partial charge in [0.25, 0.3) is 0 Å². The summed E-state index contributed by atoms with van der Waals surface area (Å²) >= 11 is 0. The van der Waals surface area contributed by atoms with Gasteiger partial charge in [0.05, 0.1) is 17.0 Å². The van der Waals surface area contributed by atoms with E-state index in [-0.39, 0.29) is 23.2 Å². The molecule has 0 radical (unpaired) electrons. The van der Waals surface area contributed by atoms with Gasteiger partial charge in [0.15, 0.2) is 0 Å². The number of aliphatic hydroxyl groups is 1. The molecule has 5 heteroatoms. The van der Waals surface area contributed by atoms with Crippen molar-refractivity contribution in [1.29, 1.82) is 0 Å². The van der Waals surface area contributed by atoms with Crippen LogP contribution in [0.3, 0.4) is 0 Å². The monoisotopic (exact) mass is 300 g/mol. The lowest BCUT2D eigenvalue weighted by Crippen LogP contribution is -2.71. The molecule has 5 rings (SSSR count). The van der Waals surface area contributed by atoms with Gasteiger partial charge < -0.3 is 15.5 Å². The highest BCUT2D eigenvalue weighted by atomic mass is 16.4. The van der Waals surface area contributed by atoms with Crippen LogP contribution in [0, 0.1) is 17.8 Å². The lowest BCUT2D eigenvalue weighted by molar-refractivity contribution is -0.112. The van der Waals surface area contributed by atoms with Crippen molar-refractivity contribution in [2.24, 2.45) is 28.1 Å². The maximum absolute atomic E-state index is 11.4. The predicted octanol–water partition coefficient (Wildman–Crippen LogP) is 2.40. The molecule has 0 aromatic heterocycles. The molecule has 0 aliphatic heterocycles. The molecule has 116 valence electrons. The third-order valence-electron chi connectivity index (χ3n) is 6.36. The van der Waals surface area contributed by atoms with Gasteiger partial charge in [-0.2, -0.15) is 0 Å². The Labute approximate surface area is 129 Å². The minimum Gasteiger partial charge on any atom is -0.411 e. The number of rotatable bonds is 1. The van der Waals surface area contributed by atoms with Crippen LogP contribution >= 0.6 is 0 Å². The van der Waals surface area contributed by atoms with E-state index < -0.39 is 5.60 Å². The molecule has 3 N–H and O–H groups in total. The van der Waals surface area contributed by atoms with Crippen LogP contribution in [0.1, 0.15) is 31.7 Å². The third-order valence-corrected chi connectivity index (χ3v) is 6.36. The normalized spacial score (nSPS) is 46.5. The standard InChI is InChI=1S/C17H20N2O3/c1-16(20)13-7-10-8-17(16,11-5-3-2-4-6-11)9-12(14(10)18-21)15(13)19-22/h2-6,10,12-13,20-22H,7-9H2,1H3/b18-14+,19-15-. The summed E-state index contributed by atoms with van der Waals surface area (Å²) in [6, 6.07) is 10.1. The first-order valence-corrected chi connectivity index (χ1v) is 7.76. The van der Waals surface area contributed by atoms with Crippen molar-refractivity contribution in [3.63, 3.8) is 0 Å². The van der Waals surface area contributed by atoms with Crippen molar-refractivity contribution in [2.45, 2.75) is 37.2 Å². The largest absolute Gasteiger partial charge is 0.411 e. The number of hydrogen-bond donors (Lipinski definition) is 3. The van der Waals surface area contributed by atoms with E-state index >= 15 is 0 Å². The molecule has 5 nitrogen and oxygen atoms in total. The van der Waals surface area contributed by atoms with Crippen LogP contribution in [-0.2, 0) is 5.41 Å². The van der Waals surface area contributed by atoms with E-state index in [2.05, 4.69) is 22.4 Å². The zero-order chi connectivity index (χ0) is 15.5. The molecule has 0 saturated heterocycles. The Morgan fingerprint density at radius 3 is 2.36 bits per heavy atom.